The second-order valence-electron chi connectivity index (χ2n) is 3.91. The van der Waals surface area contributed by atoms with Gasteiger partial charge in [-0.2, -0.15) is 11.8 Å². The monoisotopic (exact) mass is 280 g/mol. The Hall–Kier alpha value is -1.27. The lowest BCUT2D eigenvalue weighted by molar-refractivity contribution is 0.878. The van der Waals surface area contributed by atoms with Gasteiger partial charge in [0.1, 0.15) is 0 Å². The molecule has 0 fully saturated rings. The smallest absolute Gasteiger partial charge is 0.230 e. The summed E-state index contributed by atoms with van der Waals surface area (Å²) >= 11 is 7.12. The molecule has 1 aromatic heterocycles. The zero-order chi connectivity index (χ0) is 13.0. The summed E-state index contributed by atoms with van der Waals surface area (Å²) < 4.78 is 2.57. The summed E-state index contributed by atoms with van der Waals surface area (Å²) in [4.78, 5) is 2.11. The molecule has 6 heteroatoms. The van der Waals surface area contributed by atoms with E-state index < -0.39 is 0 Å². The highest BCUT2D eigenvalue weighted by atomic mass is 32.2. The molecule has 2 rings (SSSR count). The highest BCUT2D eigenvalue weighted by Crippen LogP contribution is 2.17. The fourth-order valence-electron chi connectivity index (χ4n) is 1.68. The Labute approximate surface area is 116 Å². The van der Waals surface area contributed by atoms with E-state index in [0.29, 0.717) is 4.77 Å². The van der Waals surface area contributed by atoms with Crippen molar-refractivity contribution in [2.75, 3.05) is 30.5 Å². The number of hydrogen-bond acceptors (Lipinski definition) is 4. The highest BCUT2D eigenvalue weighted by molar-refractivity contribution is 7.98. The van der Waals surface area contributed by atoms with E-state index in [2.05, 4.69) is 21.4 Å². The summed E-state index contributed by atoms with van der Waals surface area (Å²) in [6.07, 6.45) is 2.10. The molecule has 96 valence electrons. The van der Waals surface area contributed by atoms with Gasteiger partial charge in [-0.05, 0) is 30.6 Å². The Morgan fingerprint density at radius 1 is 1.39 bits per heavy atom. The summed E-state index contributed by atoms with van der Waals surface area (Å²) in [5.74, 6) is 1.91. The van der Waals surface area contributed by atoms with Gasteiger partial charge in [0.2, 0.25) is 10.7 Å². The molecule has 1 aromatic carbocycles. The van der Waals surface area contributed by atoms with Crippen LogP contribution >= 0.6 is 24.0 Å². The van der Waals surface area contributed by atoms with Gasteiger partial charge in [-0.15, -0.1) is 5.10 Å². The summed E-state index contributed by atoms with van der Waals surface area (Å²) in [7, 11) is 2.03. The molecule has 0 aliphatic carbocycles. The van der Waals surface area contributed by atoms with Crippen molar-refractivity contribution in [1.82, 2.24) is 14.8 Å². The number of nitrogens with one attached hydrogen (secondary N) is 1. The van der Waals surface area contributed by atoms with Crippen LogP contribution in [0.5, 0.6) is 0 Å². The van der Waals surface area contributed by atoms with Gasteiger partial charge in [0, 0.05) is 19.3 Å². The molecule has 0 atom stereocenters. The topological polar surface area (TPSA) is 36.9 Å². The van der Waals surface area contributed by atoms with Gasteiger partial charge in [-0.25, -0.2) is 5.10 Å². The Balaban J connectivity index is 2.36. The van der Waals surface area contributed by atoms with Gasteiger partial charge >= 0.3 is 0 Å². The van der Waals surface area contributed by atoms with Gasteiger partial charge in [-0.1, -0.05) is 18.2 Å². The lowest BCUT2D eigenvalue weighted by Crippen LogP contribution is -2.23. The van der Waals surface area contributed by atoms with E-state index in [1.165, 1.54) is 0 Å². The van der Waals surface area contributed by atoms with Crippen LogP contribution in [0.3, 0.4) is 0 Å². The summed E-state index contributed by atoms with van der Waals surface area (Å²) in [5.41, 5.74) is 1.03. The van der Waals surface area contributed by atoms with Crippen molar-refractivity contribution in [3.8, 4) is 5.69 Å². The van der Waals surface area contributed by atoms with Crippen LogP contribution in [0, 0.1) is 4.77 Å². The first-order valence-electron chi connectivity index (χ1n) is 5.67. The molecule has 0 unspecified atom stereocenters. The van der Waals surface area contributed by atoms with Crippen LogP contribution in [-0.2, 0) is 0 Å². The molecule has 0 aliphatic heterocycles. The lowest BCUT2D eigenvalue weighted by atomic mass is 10.3. The van der Waals surface area contributed by atoms with Crippen molar-refractivity contribution in [3.63, 3.8) is 0 Å². The molecule has 2 aromatic rings. The van der Waals surface area contributed by atoms with Crippen LogP contribution in [0.4, 0.5) is 5.95 Å². The van der Waals surface area contributed by atoms with E-state index in [4.69, 9.17) is 12.2 Å². The average molecular weight is 280 g/mol. The Kier molecular flexibility index (Phi) is 4.43. The second kappa shape index (κ2) is 6.06. The maximum Gasteiger partial charge on any atom is 0.230 e. The third-order valence-corrected chi connectivity index (χ3v) is 3.51. The Morgan fingerprint density at radius 2 is 2.11 bits per heavy atom. The van der Waals surface area contributed by atoms with Crippen LogP contribution < -0.4 is 4.90 Å². The predicted octanol–water partition coefficient (Wildman–Crippen LogP) is 2.73. The normalized spacial score (nSPS) is 10.6. The number of thioether (sulfide) groups is 1. The van der Waals surface area contributed by atoms with Gasteiger partial charge in [-0.3, -0.25) is 4.57 Å². The van der Waals surface area contributed by atoms with Crippen LogP contribution in [0.2, 0.25) is 0 Å². The van der Waals surface area contributed by atoms with Crippen molar-refractivity contribution >= 4 is 29.9 Å². The standard InChI is InChI=1S/C12H16N4S2/c1-15(8-9-18-2)11-13-14-12(17)16(11)10-6-4-3-5-7-10/h3-7H,8-9H2,1-2H3,(H,14,17). The van der Waals surface area contributed by atoms with Gasteiger partial charge < -0.3 is 4.90 Å². The SMILES string of the molecule is CSCCN(C)c1n[nH]c(=S)n1-c1ccccc1. The van der Waals surface area contributed by atoms with E-state index in [0.717, 1.165) is 23.9 Å². The van der Waals surface area contributed by atoms with E-state index in [1.807, 2.05) is 53.7 Å². The molecule has 0 saturated heterocycles. The van der Waals surface area contributed by atoms with Crippen LogP contribution in [-0.4, -0.2) is 40.4 Å². The molecule has 4 nitrogen and oxygen atoms in total. The maximum atomic E-state index is 5.30. The van der Waals surface area contributed by atoms with Gasteiger partial charge in [0.15, 0.2) is 0 Å². The maximum absolute atomic E-state index is 5.30. The number of H-pyrrole nitrogens is 1. The van der Waals surface area contributed by atoms with Gasteiger partial charge in [0.05, 0.1) is 5.69 Å². The number of benzene rings is 1. The van der Waals surface area contributed by atoms with Crippen LogP contribution in [0.25, 0.3) is 5.69 Å². The largest absolute Gasteiger partial charge is 0.343 e. The Morgan fingerprint density at radius 3 is 2.78 bits per heavy atom. The summed E-state index contributed by atoms with van der Waals surface area (Å²) in [5, 5.41) is 7.17. The quantitative estimate of drug-likeness (QED) is 0.855. The molecule has 0 bridgehead atoms. The fourth-order valence-corrected chi connectivity index (χ4v) is 2.37. The molecule has 0 spiro atoms. The van der Waals surface area contributed by atoms with Crippen molar-refractivity contribution in [3.05, 3.63) is 35.1 Å². The Bertz CT molecular complexity index is 547. The van der Waals surface area contributed by atoms with E-state index in [9.17, 15) is 0 Å². The second-order valence-corrected chi connectivity index (χ2v) is 5.29. The van der Waals surface area contributed by atoms with Crippen molar-refractivity contribution in [2.24, 2.45) is 0 Å². The third-order valence-electron chi connectivity index (χ3n) is 2.64. The number of rotatable bonds is 5. The lowest BCUT2D eigenvalue weighted by Gasteiger charge is -2.18. The van der Waals surface area contributed by atoms with Crippen LogP contribution in [0.15, 0.2) is 30.3 Å². The molecule has 1 heterocycles. The highest BCUT2D eigenvalue weighted by Gasteiger charge is 2.11. The first-order valence-corrected chi connectivity index (χ1v) is 7.47. The third kappa shape index (κ3) is 2.76. The molecular formula is C12H16N4S2. The number of para-hydroxylation sites is 1. The van der Waals surface area contributed by atoms with E-state index in [1.54, 1.807) is 0 Å². The number of anilines is 1. The molecule has 1 N–H and O–H groups in total. The zero-order valence-electron chi connectivity index (χ0n) is 10.5. The number of aromatic amines is 1. The summed E-state index contributed by atoms with van der Waals surface area (Å²) in [6.45, 7) is 0.938. The van der Waals surface area contributed by atoms with E-state index in [-0.39, 0.29) is 0 Å². The first-order chi connectivity index (χ1) is 8.74. The first kappa shape index (κ1) is 13.2. The molecule has 0 aliphatic rings. The molecule has 0 amide bonds. The molecule has 0 radical (unpaired) electrons. The minimum atomic E-state index is 0.618. The average Bonchev–Trinajstić information content (AvgIpc) is 2.79. The number of aromatic nitrogens is 3. The van der Waals surface area contributed by atoms with Crippen molar-refractivity contribution < 1.29 is 0 Å². The molecule has 0 saturated carbocycles. The molecular weight excluding hydrogens is 264 g/mol. The predicted molar refractivity (Wildman–Crippen MR) is 80.4 cm³/mol. The minimum absolute atomic E-state index is 0.618. The zero-order valence-corrected chi connectivity index (χ0v) is 12.1. The molecule has 18 heavy (non-hydrogen) atoms. The minimum Gasteiger partial charge on any atom is -0.343 e. The number of hydrogen-bond donors (Lipinski definition) is 1. The number of nitrogens with zero attached hydrogens (tertiary/aromatic N) is 3. The van der Waals surface area contributed by atoms with Crippen molar-refractivity contribution in [1.29, 1.82) is 0 Å². The van der Waals surface area contributed by atoms with Crippen molar-refractivity contribution in [2.45, 2.75) is 0 Å². The summed E-state index contributed by atoms with van der Waals surface area (Å²) in [6, 6.07) is 10.0. The fraction of sp³-hybridized carbons (Fsp3) is 0.333. The van der Waals surface area contributed by atoms with Crippen LogP contribution in [0.1, 0.15) is 0 Å². The van der Waals surface area contributed by atoms with Gasteiger partial charge in [0.25, 0.3) is 0 Å². The van der Waals surface area contributed by atoms with E-state index >= 15 is 0 Å².